The predicted molar refractivity (Wildman–Crippen MR) is 69.5 cm³/mol. The van der Waals surface area contributed by atoms with Gasteiger partial charge in [-0.25, -0.2) is 0 Å². The van der Waals surface area contributed by atoms with Gasteiger partial charge < -0.3 is 5.32 Å². The van der Waals surface area contributed by atoms with Crippen LogP contribution >= 0.6 is 11.8 Å². The second-order valence-corrected chi connectivity index (χ2v) is 7.17. The summed E-state index contributed by atoms with van der Waals surface area (Å²) in [6, 6.07) is 1.64. The van der Waals surface area contributed by atoms with E-state index in [2.05, 4.69) is 30.9 Å². The molecule has 1 aliphatic heterocycles. The molecule has 1 nitrogen and oxygen atoms in total. The molecule has 2 fully saturated rings. The van der Waals surface area contributed by atoms with E-state index in [-0.39, 0.29) is 0 Å². The molecule has 1 aliphatic carbocycles. The van der Waals surface area contributed by atoms with Crippen molar-refractivity contribution in [3.63, 3.8) is 0 Å². The summed E-state index contributed by atoms with van der Waals surface area (Å²) < 4.78 is 0. The summed E-state index contributed by atoms with van der Waals surface area (Å²) in [5.74, 6) is 2.72. The summed E-state index contributed by atoms with van der Waals surface area (Å²) >= 11 is 2.11. The maximum Gasteiger partial charge on any atom is 0.0168 e. The van der Waals surface area contributed by atoms with E-state index in [1.54, 1.807) is 0 Å². The molecule has 0 radical (unpaired) electrons. The average Bonchev–Trinajstić information content (AvgIpc) is 2.60. The van der Waals surface area contributed by atoms with Crippen LogP contribution in [0.4, 0.5) is 0 Å². The maximum atomic E-state index is 3.87. The van der Waals surface area contributed by atoms with Crippen LogP contribution in [0.15, 0.2) is 0 Å². The molecule has 0 bridgehead atoms. The van der Waals surface area contributed by atoms with Crippen LogP contribution in [0.2, 0.25) is 0 Å². The van der Waals surface area contributed by atoms with Crippen molar-refractivity contribution < 1.29 is 0 Å². The Morgan fingerprint density at radius 2 is 1.93 bits per heavy atom. The smallest absolute Gasteiger partial charge is 0.0168 e. The van der Waals surface area contributed by atoms with Crippen LogP contribution in [0, 0.1) is 5.41 Å². The van der Waals surface area contributed by atoms with Gasteiger partial charge in [-0.15, -0.1) is 0 Å². The lowest BCUT2D eigenvalue weighted by molar-refractivity contribution is 0.307. The Morgan fingerprint density at radius 3 is 2.67 bits per heavy atom. The van der Waals surface area contributed by atoms with Crippen LogP contribution in [0.5, 0.6) is 0 Å². The van der Waals surface area contributed by atoms with Gasteiger partial charge in [0.15, 0.2) is 0 Å². The Balaban J connectivity index is 1.78. The summed E-state index contributed by atoms with van der Waals surface area (Å²) in [5.41, 5.74) is 0.598. The summed E-state index contributed by atoms with van der Waals surface area (Å²) in [5, 5.41) is 3.87. The molecular formula is C13H25NS. The molecule has 1 saturated heterocycles. The van der Waals surface area contributed by atoms with Crippen molar-refractivity contribution in [1.29, 1.82) is 0 Å². The van der Waals surface area contributed by atoms with Gasteiger partial charge in [0.1, 0.15) is 0 Å². The first-order chi connectivity index (χ1) is 7.16. The van der Waals surface area contributed by atoms with E-state index >= 15 is 0 Å². The number of thioether (sulfide) groups is 1. The highest BCUT2D eigenvalue weighted by Crippen LogP contribution is 2.34. The molecule has 2 heteroatoms. The van der Waals surface area contributed by atoms with E-state index in [4.69, 9.17) is 0 Å². The first kappa shape index (κ1) is 11.8. The summed E-state index contributed by atoms with van der Waals surface area (Å²) in [4.78, 5) is 0. The van der Waals surface area contributed by atoms with Gasteiger partial charge in [0, 0.05) is 17.8 Å². The molecule has 0 aromatic carbocycles. The summed E-state index contributed by atoms with van der Waals surface area (Å²) in [7, 11) is 0. The Hall–Kier alpha value is 0.310. The van der Waals surface area contributed by atoms with Gasteiger partial charge in [-0.05, 0) is 43.3 Å². The van der Waals surface area contributed by atoms with E-state index in [0.717, 1.165) is 12.1 Å². The number of rotatable bonds is 2. The zero-order chi connectivity index (χ0) is 10.7. The summed E-state index contributed by atoms with van der Waals surface area (Å²) in [6.07, 6.45) is 8.45. The van der Waals surface area contributed by atoms with E-state index in [1.807, 2.05) is 0 Å². The predicted octanol–water partition coefficient (Wildman–Crippen LogP) is 3.44. The fraction of sp³-hybridized carbons (Fsp3) is 1.00. The molecule has 88 valence electrons. The molecule has 0 aromatic rings. The van der Waals surface area contributed by atoms with Crippen molar-refractivity contribution in [1.82, 2.24) is 5.32 Å². The van der Waals surface area contributed by atoms with Crippen molar-refractivity contribution >= 4 is 11.8 Å². The standard InChI is InChI=1S/C13H25NS/c1-13(2)7-3-4-11(5-8-13)14-12-6-9-15-10-12/h11-12,14H,3-10H2,1-2H3. The van der Waals surface area contributed by atoms with Crippen LogP contribution < -0.4 is 5.32 Å². The SMILES string of the molecule is CC1(C)CCCC(NC2CCSC2)CC1. The third-order valence-corrected chi connectivity index (χ3v) is 5.14. The molecular weight excluding hydrogens is 202 g/mol. The molecule has 2 unspecified atom stereocenters. The van der Waals surface area contributed by atoms with Gasteiger partial charge in [-0.3, -0.25) is 0 Å². The minimum absolute atomic E-state index is 0.598. The molecule has 1 N–H and O–H groups in total. The Kier molecular flexibility index (Phi) is 4.00. The molecule has 0 spiro atoms. The first-order valence-electron chi connectivity index (χ1n) is 6.49. The third kappa shape index (κ3) is 3.67. The monoisotopic (exact) mass is 227 g/mol. The number of hydrogen-bond donors (Lipinski definition) is 1. The molecule has 1 heterocycles. The minimum Gasteiger partial charge on any atom is -0.310 e. The van der Waals surface area contributed by atoms with Crippen molar-refractivity contribution in [3.8, 4) is 0 Å². The fourth-order valence-electron chi connectivity index (χ4n) is 2.83. The van der Waals surface area contributed by atoms with Crippen molar-refractivity contribution in [2.45, 2.75) is 64.5 Å². The first-order valence-corrected chi connectivity index (χ1v) is 7.65. The quantitative estimate of drug-likeness (QED) is 0.725. The Morgan fingerprint density at radius 1 is 1.07 bits per heavy atom. The fourth-order valence-corrected chi connectivity index (χ4v) is 3.99. The zero-order valence-corrected chi connectivity index (χ0v) is 11.0. The lowest BCUT2D eigenvalue weighted by Gasteiger charge is -2.23. The number of hydrogen-bond acceptors (Lipinski definition) is 2. The van der Waals surface area contributed by atoms with Crippen LogP contribution in [0.1, 0.15) is 52.4 Å². The van der Waals surface area contributed by atoms with Crippen molar-refractivity contribution in [2.75, 3.05) is 11.5 Å². The normalized spacial score (nSPS) is 36.4. The van der Waals surface area contributed by atoms with Gasteiger partial charge in [0.25, 0.3) is 0 Å². The lowest BCUT2D eigenvalue weighted by atomic mass is 9.85. The average molecular weight is 227 g/mol. The van der Waals surface area contributed by atoms with Crippen molar-refractivity contribution in [3.05, 3.63) is 0 Å². The van der Waals surface area contributed by atoms with Gasteiger partial charge >= 0.3 is 0 Å². The molecule has 2 aliphatic rings. The van der Waals surface area contributed by atoms with Crippen LogP contribution in [-0.4, -0.2) is 23.6 Å². The lowest BCUT2D eigenvalue weighted by Crippen LogP contribution is -2.38. The van der Waals surface area contributed by atoms with Crippen molar-refractivity contribution in [2.24, 2.45) is 5.41 Å². The maximum absolute atomic E-state index is 3.87. The highest BCUT2D eigenvalue weighted by atomic mass is 32.2. The molecule has 1 saturated carbocycles. The van der Waals surface area contributed by atoms with E-state index in [1.165, 1.54) is 50.0 Å². The van der Waals surface area contributed by atoms with E-state index < -0.39 is 0 Å². The van der Waals surface area contributed by atoms with Crippen LogP contribution in [0.3, 0.4) is 0 Å². The second-order valence-electron chi connectivity index (χ2n) is 6.02. The molecule has 0 aromatic heterocycles. The minimum atomic E-state index is 0.598. The largest absolute Gasteiger partial charge is 0.310 e. The molecule has 2 rings (SSSR count). The van der Waals surface area contributed by atoms with E-state index in [9.17, 15) is 0 Å². The Labute approximate surface area is 98.8 Å². The summed E-state index contributed by atoms with van der Waals surface area (Å²) in [6.45, 7) is 4.86. The zero-order valence-electron chi connectivity index (χ0n) is 10.2. The molecule has 2 atom stereocenters. The molecule has 15 heavy (non-hydrogen) atoms. The number of nitrogens with one attached hydrogen (secondary N) is 1. The van der Waals surface area contributed by atoms with Crippen LogP contribution in [-0.2, 0) is 0 Å². The van der Waals surface area contributed by atoms with Gasteiger partial charge in [-0.1, -0.05) is 20.3 Å². The third-order valence-electron chi connectivity index (χ3n) is 3.98. The molecule has 0 amide bonds. The second kappa shape index (κ2) is 5.09. The highest BCUT2D eigenvalue weighted by molar-refractivity contribution is 7.99. The van der Waals surface area contributed by atoms with Gasteiger partial charge in [0.05, 0.1) is 0 Å². The topological polar surface area (TPSA) is 12.0 Å². The van der Waals surface area contributed by atoms with Crippen LogP contribution in [0.25, 0.3) is 0 Å². The van der Waals surface area contributed by atoms with Gasteiger partial charge in [0.2, 0.25) is 0 Å². The highest BCUT2D eigenvalue weighted by Gasteiger charge is 2.26. The van der Waals surface area contributed by atoms with Gasteiger partial charge in [-0.2, -0.15) is 11.8 Å². The Bertz CT molecular complexity index is 197. The van der Waals surface area contributed by atoms with E-state index in [0.29, 0.717) is 5.41 Å².